The number of hydrogen-bond donors (Lipinski definition) is 2. The number of nitrogens with one attached hydrogen (secondary N) is 2. The Morgan fingerprint density at radius 2 is 1.92 bits per heavy atom. The van der Waals surface area contributed by atoms with E-state index in [1.165, 1.54) is 0 Å². The lowest BCUT2D eigenvalue weighted by Gasteiger charge is -2.12. The second kappa shape index (κ2) is 8.19. The zero-order valence-electron chi connectivity index (χ0n) is 14.8. The van der Waals surface area contributed by atoms with E-state index in [2.05, 4.69) is 20.5 Å². The van der Waals surface area contributed by atoms with Crippen molar-refractivity contribution >= 4 is 16.7 Å². The van der Waals surface area contributed by atoms with Crippen molar-refractivity contribution in [1.82, 2.24) is 15.2 Å². The van der Waals surface area contributed by atoms with E-state index in [4.69, 9.17) is 9.47 Å². The van der Waals surface area contributed by atoms with Crippen LogP contribution < -0.4 is 14.8 Å². The number of H-pyrrole nitrogens is 1. The predicted molar refractivity (Wildman–Crippen MR) is 96.8 cm³/mol. The van der Waals surface area contributed by atoms with E-state index >= 15 is 0 Å². The van der Waals surface area contributed by atoms with E-state index in [1.807, 2.05) is 45.0 Å². The highest BCUT2D eigenvalue weighted by Crippen LogP contribution is 2.27. The molecule has 0 amide bonds. The van der Waals surface area contributed by atoms with Gasteiger partial charge < -0.3 is 14.8 Å². The van der Waals surface area contributed by atoms with E-state index in [9.17, 15) is 0 Å². The molecule has 2 aromatic heterocycles. The van der Waals surface area contributed by atoms with Crippen molar-refractivity contribution in [1.29, 1.82) is 0 Å². The zero-order valence-corrected chi connectivity index (χ0v) is 14.8. The van der Waals surface area contributed by atoms with Crippen LogP contribution in [-0.2, 0) is 6.54 Å². The Morgan fingerprint density at radius 3 is 2.62 bits per heavy atom. The average molecular weight is 328 g/mol. The average Bonchev–Trinajstić information content (AvgIpc) is 3.03. The molecule has 6 nitrogen and oxygen atoms in total. The first-order valence-corrected chi connectivity index (χ1v) is 7.97. The van der Waals surface area contributed by atoms with Crippen LogP contribution in [0.4, 0.5) is 5.82 Å². The third-order valence-electron chi connectivity index (χ3n) is 3.59. The maximum atomic E-state index is 5.41. The Labute approximate surface area is 142 Å². The van der Waals surface area contributed by atoms with Gasteiger partial charge in [0.05, 0.1) is 25.1 Å². The molecule has 0 fully saturated rings. The van der Waals surface area contributed by atoms with Gasteiger partial charge in [-0.25, -0.2) is 4.98 Å². The molecule has 128 valence electrons. The minimum Gasteiger partial charge on any atom is -0.497 e. The van der Waals surface area contributed by atoms with Gasteiger partial charge in [-0.15, -0.1) is 0 Å². The number of rotatable bonds is 5. The maximum absolute atomic E-state index is 5.41. The van der Waals surface area contributed by atoms with Crippen molar-refractivity contribution in [2.45, 2.75) is 27.3 Å². The van der Waals surface area contributed by atoms with Crippen LogP contribution in [0.3, 0.4) is 0 Å². The Hall–Kier alpha value is -2.76. The summed E-state index contributed by atoms with van der Waals surface area (Å²) in [4.78, 5) is 4.41. The van der Waals surface area contributed by atoms with Crippen LogP contribution in [0.15, 0.2) is 30.5 Å². The summed E-state index contributed by atoms with van der Waals surface area (Å²) >= 11 is 0. The van der Waals surface area contributed by atoms with Gasteiger partial charge in [0.2, 0.25) is 0 Å². The summed E-state index contributed by atoms with van der Waals surface area (Å²) in [5.74, 6) is 2.36. The summed E-state index contributed by atoms with van der Waals surface area (Å²) in [6.45, 7) is 6.58. The van der Waals surface area contributed by atoms with Gasteiger partial charge in [0, 0.05) is 30.1 Å². The molecule has 0 aliphatic rings. The first-order valence-electron chi connectivity index (χ1n) is 7.97. The van der Waals surface area contributed by atoms with E-state index < -0.39 is 0 Å². The van der Waals surface area contributed by atoms with Crippen LogP contribution in [0.2, 0.25) is 0 Å². The molecular formula is C18H24N4O2. The Balaban J connectivity index is 0.00000100. The number of benzene rings is 1. The fourth-order valence-electron chi connectivity index (χ4n) is 2.43. The molecule has 0 radical (unpaired) electrons. The molecule has 0 saturated carbocycles. The van der Waals surface area contributed by atoms with Crippen LogP contribution in [0.25, 0.3) is 10.9 Å². The normalized spacial score (nSPS) is 10.0. The SMILES string of the molecule is CC.COc1ccc(CNc2nccc3n[nH]c(C)c23)c(OC)c1. The molecule has 2 heterocycles. The molecule has 0 saturated heterocycles. The van der Waals surface area contributed by atoms with Gasteiger partial charge >= 0.3 is 0 Å². The number of aromatic amines is 1. The fourth-order valence-corrected chi connectivity index (χ4v) is 2.43. The summed E-state index contributed by atoms with van der Waals surface area (Å²) in [5.41, 5.74) is 2.92. The lowest BCUT2D eigenvalue weighted by Crippen LogP contribution is -2.04. The molecule has 0 atom stereocenters. The second-order valence-electron chi connectivity index (χ2n) is 4.93. The molecule has 24 heavy (non-hydrogen) atoms. The minimum absolute atomic E-state index is 0.601. The minimum atomic E-state index is 0.601. The second-order valence-corrected chi connectivity index (χ2v) is 4.93. The molecule has 0 unspecified atom stereocenters. The molecular weight excluding hydrogens is 304 g/mol. The fraction of sp³-hybridized carbons (Fsp3) is 0.333. The molecule has 0 spiro atoms. The lowest BCUT2D eigenvalue weighted by molar-refractivity contribution is 0.391. The van der Waals surface area contributed by atoms with Gasteiger partial charge in [0.1, 0.15) is 17.3 Å². The van der Waals surface area contributed by atoms with Crippen molar-refractivity contribution in [3.05, 3.63) is 41.7 Å². The lowest BCUT2D eigenvalue weighted by atomic mass is 10.2. The highest BCUT2D eigenvalue weighted by atomic mass is 16.5. The highest BCUT2D eigenvalue weighted by molar-refractivity contribution is 5.91. The number of anilines is 1. The topological polar surface area (TPSA) is 72.1 Å². The Bertz CT molecular complexity index is 799. The zero-order chi connectivity index (χ0) is 17.5. The standard InChI is InChI=1S/C16H18N4O2.C2H6/c1-10-15-13(20-19-10)6-7-17-16(15)18-9-11-4-5-12(21-2)8-14(11)22-3;1-2/h4-8H,9H2,1-3H3,(H,17,18)(H,19,20);1-2H3. The number of fused-ring (bicyclic) bond motifs is 1. The molecule has 0 bridgehead atoms. The largest absolute Gasteiger partial charge is 0.497 e. The summed E-state index contributed by atoms with van der Waals surface area (Å²) < 4.78 is 10.6. The molecule has 3 aromatic rings. The van der Waals surface area contributed by atoms with E-state index in [-0.39, 0.29) is 0 Å². The van der Waals surface area contributed by atoms with Crippen LogP contribution in [0, 0.1) is 6.92 Å². The molecule has 2 N–H and O–H groups in total. The van der Waals surface area contributed by atoms with E-state index in [1.54, 1.807) is 20.4 Å². The van der Waals surface area contributed by atoms with E-state index in [0.29, 0.717) is 6.54 Å². The first kappa shape index (κ1) is 17.6. The van der Waals surface area contributed by atoms with Gasteiger partial charge in [-0.05, 0) is 25.1 Å². The summed E-state index contributed by atoms with van der Waals surface area (Å²) in [6.07, 6.45) is 1.75. The number of aromatic nitrogens is 3. The Kier molecular flexibility index (Phi) is 6.01. The number of methoxy groups -OCH3 is 2. The van der Waals surface area contributed by atoms with Crippen molar-refractivity contribution in [3.8, 4) is 11.5 Å². The van der Waals surface area contributed by atoms with Crippen LogP contribution in [-0.4, -0.2) is 29.4 Å². The van der Waals surface area contributed by atoms with Gasteiger partial charge in [0.25, 0.3) is 0 Å². The number of ether oxygens (including phenoxy) is 2. The monoisotopic (exact) mass is 328 g/mol. The van der Waals surface area contributed by atoms with Gasteiger partial charge in [-0.2, -0.15) is 5.10 Å². The highest BCUT2D eigenvalue weighted by Gasteiger charge is 2.10. The number of aryl methyl sites for hydroxylation is 1. The first-order chi connectivity index (χ1) is 11.7. The predicted octanol–water partition coefficient (Wildman–Crippen LogP) is 3.92. The molecule has 1 aromatic carbocycles. The smallest absolute Gasteiger partial charge is 0.137 e. The molecule has 0 aliphatic heterocycles. The summed E-state index contributed by atoms with van der Waals surface area (Å²) in [5, 5.41) is 11.6. The van der Waals surface area contributed by atoms with Crippen molar-refractivity contribution < 1.29 is 9.47 Å². The maximum Gasteiger partial charge on any atom is 0.137 e. The number of hydrogen-bond acceptors (Lipinski definition) is 5. The Morgan fingerprint density at radius 1 is 1.12 bits per heavy atom. The number of nitrogens with zero attached hydrogens (tertiary/aromatic N) is 2. The van der Waals surface area contributed by atoms with Gasteiger partial charge in [-0.1, -0.05) is 13.8 Å². The summed E-state index contributed by atoms with van der Waals surface area (Å²) in [7, 11) is 3.29. The van der Waals surface area contributed by atoms with Crippen LogP contribution in [0.1, 0.15) is 25.1 Å². The third-order valence-corrected chi connectivity index (χ3v) is 3.59. The van der Waals surface area contributed by atoms with Crippen molar-refractivity contribution in [3.63, 3.8) is 0 Å². The third kappa shape index (κ3) is 3.59. The molecule has 3 rings (SSSR count). The summed E-state index contributed by atoms with van der Waals surface area (Å²) in [6, 6.07) is 7.65. The van der Waals surface area contributed by atoms with Gasteiger partial charge in [0.15, 0.2) is 0 Å². The molecule has 6 heteroatoms. The number of pyridine rings is 1. The van der Waals surface area contributed by atoms with Crippen LogP contribution in [0.5, 0.6) is 11.5 Å². The quantitative estimate of drug-likeness (QED) is 0.742. The van der Waals surface area contributed by atoms with Gasteiger partial charge in [-0.3, -0.25) is 5.10 Å². The van der Waals surface area contributed by atoms with Crippen LogP contribution >= 0.6 is 0 Å². The van der Waals surface area contributed by atoms with E-state index in [0.717, 1.165) is 39.5 Å². The molecule has 0 aliphatic carbocycles. The van der Waals surface area contributed by atoms with Crippen molar-refractivity contribution in [2.75, 3.05) is 19.5 Å². The van der Waals surface area contributed by atoms with Crippen molar-refractivity contribution in [2.24, 2.45) is 0 Å².